The van der Waals surface area contributed by atoms with E-state index < -0.39 is 23.4 Å². The first-order chi connectivity index (χ1) is 13.4. The molecular formula is C21H20FNO5. The first-order valence-electron chi connectivity index (χ1n) is 8.82. The van der Waals surface area contributed by atoms with Gasteiger partial charge in [0.15, 0.2) is 0 Å². The maximum absolute atomic E-state index is 14.6. The van der Waals surface area contributed by atoms with E-state index in [1.165, 1.54) is 17.0 Å². The minimum absolute atomic E-state index is 0.0291. The van der Waals surface area contributed by atoms with Gasteiger partial charge in [0, 0.05) is 25.8 Å². The first-order valence-corrected chi connectivity index (χ1v) is 8.82. The number of hydrogen-bond acceptors (Lipinski definition) is 4. The van der Waals surface area contributed by atoms with Crippen LogP contribution in [0.2, 0.25) is 0 Å². The van der Waals surface area contributed by atoms with Crippen molar-refractivity contribution in [3.05, 3.63) is 71.0 Å². The number of piperidine rings is 1. The van der Waals surface area contributed by atoms with Gasteiger partial charge < -0.3 is 9.84 Å². The van der Waals surface area contributed by atoms with E-state index in [1.807, 2.05) is 30.3 Å². The lowest BCUT2D eigenvalue weighted by Gasteiger charge is -2.45. The second kappa shape index (κ2) is 7.80. The molecule has 146 valence electrons. The molecule has 1 saturated heterocycles. The van der Waals surface area contributed by atoms with Crippen LogP contribution in [0.25, 0.3) is 0 Å². The predicted octanol–water partition coefficient (Wildman–Crippen LogP) is 3.39. The van der Waals surface area contributed by atoms with Crippen molar-refractivity contribution in [2.24, 2.45) is 0 Å². The Hall–Kier alpha value is -3.22. The summed E-state index contributed by atoms with van der Waals surface area (Å²) in [6.07, 6.45) is -0.916. The quantitative estimate of drug-likeness (QED) is 0.816. The Morgan fingerprint density at radius 2 is 1.93 bits per heavy atom. The maximum Gasteiger partial charge on any atom is 0.408 e. The predicted molar refractivity (Wildman–Crippen MR) is 98.5 cm³/mol. The van der Waals surface area contributed by atoms with Gasteiger partial charge in [-0.05, 0) is 23.3 Å². The molecule has 1 amide bonds. The third-order valence-electron chi connectivity index (χ3n) is 5.10. The van der Waals surface area contributed by atoms with E-state index in [-0.39, 0.29) is 37.2 Å². The minimum Gasteiger partial charge on any atom is -0.465 e. The molecule has 0 unspecified atom stereocenters. The third-order valence-corrected chi connectivity index (χ3v) is 5.10. The highest BCUT2D eigenvalue weighted by Gasteiger charge is 2.46. The fraction of sp³-hybridized carbons (Fsp3) is 0.286. The fourth-order valence-corrected chi connectivity index (χ4v) is 3.77. The number of methoxy groups -OCH3 is 1. The minimum atomic E-state index is -1.25. The molecule has 28 heavy (non-hydrogen) atoms. The highest BCUT2D eigenvalue weighted by atomic mass is 19.1. The van der Waals surface area contributed by atoms with Gasteiger partial charge in [-0.1, -0.05) is 36.4 Å². The molecule has 0 aliphatic carbocycles. The summed E-state index contributed by atoms with van der Waals surface area (Å²) < 4.78 is 19.2. The van der Waals surface area contributed by atoms with Crippen LogP contribution in [0.15, 0.2) is 48.5 Å². The number of rotatable bonds is 4. The van der Waals surface area contributed by atoms with E-state index >= 15 is 0 Å². The average molecular weight is 385 g/mol. The van der Waals surface area contributed by atoms with Crippen molar-refractivity contribution in [1.82, 2.24) is 4.90 Å². The lowest BCUT2D eigenvalue weighted by atomic mass is 9.75. The fourth-order valence-electron chi connectivity index (χ4n) is 3.77. The van der Waals surface area contributed by atoms with Gasteiger partial charge in [0.1, 0.15) is 11.6 Å². The van der Waals surface area contributed by atoms with Crippen molar-refractivity contribution in [3.8, 4) is 0 Å². The van der Waals surface area contributed by atoms with Crippen LogP contribution >= 0.6 is 0 Å². The van der Waals surface area contributed by atoms with Crippen molar-refractivity contribution in [3.63, 3.8) is 0 Å². The summed E-state index contributed by atoms with van der Waals surface area (Å²) in [5.74, 6) is -1.73. The zero-order valence-corrected chi connectivity index (χ0v) is 15.4. The Balaban J connectivity index is 2.15. The summed E-state index contributed by atoms with van der Waals surface area (Å²) in [6.45, 7) is 0.0291. The highest BCUT2D eigenvalue weighted by molar-refractivity contribution is 5.90. The van der Waals surface area contributed by atoms with Crippen molar-refractivity contribution < 1.29 is 28.6 Å². The molecule has 0 bridgehead atoms. The van der Waals surface area contributed by atoms with Gasteiger partial charge >= 0.3 is 12.1 Å². The maximum atomic E-state index is 14.6. The largest absolute Gasteiger partial charge is 0.465 e. The molecule has 1 atom stereocenters. The van der Waals surface area contributed by atoms with Crippen LogP contribution in [0.5, 0.6) is 0 Å². The van der Waals surface area contributed by atoms with Crippen LogP contribution in [0, 0.1) is 5.82 Å². The Bertz CT molecular complexity index is 914. The number of amides is 1. The van der Waals surface area contributed by atoms with Gasteiger partial charge in [-0.2, -0.15) is 0 Å². The number of carbonyl (C=O) groups is 3. The number of hydrogen-bond donors (Lipinski definition) is 1. The Morgan fingerprint density at radius 3 is 2.54 bits per heavy atom. The number of ketones is 1. The molecule has 0 spiro atoms. The summed E-state index contributed by atoms with van der Waals surface area (Å²) in [7, 11) is 1.15. The van der Waals surface area contributed by atoms with E-state index in [9.17, 15) is 23.9 Å². The Kier molecular flexibility index (Phi) is 5.44. The van der Waals surface area contributed by atoms with E-state index in [2.05, 4.69) is 4.74 Å². The van der Waals surface area contributed by atoms with Gasteiger partial charge in [-0.3, -0.25) is 9.69 Å². The van der Waals surface area contributed by atoms with E-state index in [0.29, 0.717) is 5.56 Å². The van der Waals surface area contributed by atoms with Crippen molar-refractivity contribution >= 4 is 17.8 Å². The lowest BCUT2D eigenvalue weighted by molar-refractivity contribution is -0.125. The molecule has 1 aliphatic heterocycles. The SMILES string of the molecule is COC(=O)c1ccc([C@]2(Cc3ccccc3)CC(=O)CCN2C(=O)O)cc1F. The molecule has 7 heteroatoms. The monoisotopic (exact) mass is 385 g/mol. The topological polar surface area (TPSA) is 83.9 Å². The van der Waals surface area contributed by atoms with Gasteiger partial charge in [0.05, 0.1) is 18.2 Å². The Morgan fingerprint density at radius 1 is 1.21 bits per heavy atom. The number of carboxylic acid groups (broad SMARTS) is 1. The van der Waals surface area contributed by atoms with Crippen molar-refractivity contribution in [2.45, 2.75) is 24.8 Å². The summed E-state index contributed by atoms with van der Waals surface area (Å²) in [5.41, 5.74) is -0.346. The number of nitrogens with zero attached hydrogens (tertiary/aromatic N) is 1. The van der Waals surface area contributed by atoms with Gasteiger partial charge in [0.25, 0.3) is 0 Å². The molecule has 0 saturated carbocycles. The molecular weight excluding hydrogens is 365 g/mol. The summed E-state index contributed by atoms with van der Waals surface area (Å²) in [6, 6.07) is 13.0. The molecule has 2 aromatic carbocycles. The van der Waals surface area contributed by atoms with E-state index in [1.54, 1.807) is 0 Å². The summed E-state index contributed by atoms with van der Waals surface area (Å²) in [5, 5.41) is 9.80. The molecule has 1 heterocycles. The van der Waals surface area contributed by atoms with Gasteiger partial charge in [-0.25, -0.2) is 14.0 Å². The Labute approximate surface area is 161 Å². The van der Waals surface area contributed by atoms with Crippen LogP contribution in [0.3, 0.4) is 0 Å². The average Bonchev–Trinajstić information content (AvgIpc) is 2.67. The number of carbonyl (C=O) groups excluding carboxylic acids is 2. The number of benzene rings is 2. The second-order valence-electron chi connectivity index (χ2n) is 6.78. The molecule has 2 aromatic rings. The molecule has 1 N–H and O–H groups in total. The molecule has 6 nitrogen and oxygen atoms in total. The number of ether oxygens (including phenoxy) is 1. The molecule has 0 radical (unpaired) electrons. The van der Waals surface area contributed by atoms with Crippen LogP contribution in [0.1, 0.15) is 34.3 Å². The molecule has 3 rings (SSSR count). The number of Topliss-reactive ketones (excluding diaryl/α,β-unsaturated/α-hetero) is 1. The van der Waals surface area contributed by atoms with Gasteiger partial charge in [0.2, 0.25) is 0 Å². The zero-order valence-electron chi connectivity index (χ0n) is 15.4. The molecule has 1 aliphatic rings. The number of likely N-dealkylation sites (tertiary alicyclic amines) is 1. The standard InChI is InChI=1S/C21H20FNO5/c1-28-19(25)17-8-7-15(11-18(17)22)21(12-14-5-3-2-4-6-14)13-16(24)9-10-23(21)20(26)27/h2-8,11H,9-10,12-13H2,1H3,(H,26,27)/t21-/m0/s1. The first kappa shape index (κ1) is 19.5. The van der Waals surface area contributed by atoms with E-state index in [4.69, 9.17) is 0 Å². The van der Waals surface area contributed by atoms with Crippen LogP contribution in [0.4, 0.5) is 9.18 Å². The van der Waals surface area contributed by atoms with E-state index in [0.717, 1.165) is 18.7 Å². The lowest BCUT2D eigenvalue weighted by Crippen LogP contribution is -2.55. The molecule has 1 fully saturated rings. The van der Waals surface area contributed by atoms with Crippen LogP contribution in [-0.2, 0) is 21.5 Å². The van der Waals surface area contributed by atoms with Crippen molar-refractivity contribution in [1.29, 1.82) is 0 Å². The zero-order chi connectivity index (χ0) is 20.3. The van der Waals surface area contributed by atoms with Crippen molar-refractivity contribution in [2.75, 3.05) is 13.7 Å². The van der Waals surface area contributed by atoms with Crippen LogP contribution < -0.4 is 0 Å². The smallest absolute Gasteiger partial charge is 0.408 e. The normalized spacial score (nSPS) is 19.4. The number of halogens is 1. The highest BCUT2D eigenvalue weighted by Crippen LogP contribution is 2.40. The van der Waals surface area contributed by atoms with Crippen LogP contribution in [-0.4, -0.2) is 41.5 Å². The summed E-state index contributed by atoms with van der Waals surface area (Å²) in [4.78, 5) is 37.2. The summed E-state index contributed by atoms with van der Waals surface area (Å²) >= 11 is 0. The third kappa shape index (κ3) is 3.60. The number of esters is 1. The van der Waals surface area contributed by atoms with Gasteiger partial charge in [-0.15, -0.1) is 0 Å². The molecule has 0 aromatic heterocycles. The second-order valence-corrected chi connectivity index (χ2v) is 6.78.